The van der Waals surface area contributed by atoms with Crippen LogP contribution in [0.3, 0.4) is 0 Å². The quantitative estimate of drug-likeness (QED) is 0.545. The van der Waals surface area contributed by atoms with Gasteiger partial charge in [0.1, 0.15) is 6.04 Å². The highest BCUT2D eigenvalue weighted by molar-refractivity contribution is 5.82. The third kappa shape index (κ3) is 5.55. The van der Waals surface area contributed by atoms with Crippen LogP contribution in [0.1, 0.15) is 19.8 Å². The van der Waals surface area contributed by atoms with Gasteiger partial charge in [-0.15, -0.1) is 0 Å². The van der Waals surface area contributed by atoms with E-state index in [9.17, 15) is 9.59 Å². The molecular weight excluding hydrogens is 212 g/mol. The number of aliphatic carboxylic acids is 1. The van der Waals surface area contributed by atoms with Crippen molar-refractivity contribution in [2.75, 3.05) is 19.8 Å². The van der Waals surface area contributed by atoms with Gasteiger partial charge >= 0.3 is 12.0 Å². The van der Waals surface area contributed by atoms with Crippen LogP contribution in [0.15, 0.2) is 0 Å². The molecular formula is C10H18N2O4. The lowest BCUT2D eigenvalue weighted by Gasteiger charge is -2.10. The van der Waals surface area contributed by atoms with Crippen molar-refractivity contribution in [3.8, 4) is 0 Å². The van der Waals surface area contributed by atoms with Crippen molar-refractivity contribution in [3.63, 3.8) is 0 Å². The number of amides is 2. The fraction of sp³-hybridized carbons (Fsp3) is 0.800. The first-order chi connectivity index (χ1) is 7.59. The van der Waals surface area contributed by atoms with Gasteiger partial charge in [-0.2, -0.15) is 0 Å². The Hall–Kier alpha value is -1.30. The molecule has 16 heavy (non-hydrogen) atoms. The van der Waals surface area contributed by atoms with Crippen LogP contribution in [0.2, 0.25) is 0 Å². The number of urea groups is 1. The van der Waals surface area contributed by atoms with Crippen LogP contribution >= 0.6 is 0 Å². The van der Waals surface area contributed by atoms with E-state index in [1.165, 1.54) is 19.8 Å². The molecule has 1 atom stereocenters. The van der Waals surface area contributed by atoms with Crippen LogP contribution in [0.5, 0.6) is 0 Å². The van der Waals surface area contributed by atoms with E-state index in [0.717, 1.165) is 6.61 Å². The highest BCUT2D eigenvalue weighted by Gasteiger charge is 2.20. The lowest BCUT2D eigenvalue weighted by atomic mass is 10.3. The number of nitrogens with one attached hydrogen (secondary N) is 2. The van der Waals surface area contributed by atoms with E-state index in [2.05, 4.69) is 10.6 Å². The second-order valence-electron chi connectivity index (χ2n) is 3.98. The lowest BCUT2D eigenvalue weighted by molar-refractivity contribution is -0.138. The van der Waals surface area contributed by atoms with Crippen LogP contribution in [0, 0.1) is 5.92 Å². The number of carbonyl (C=O) groups is 2. The van der Waals surface area contributed by atoms with Gasteiger partial charge in [0.15, 0.2) is 0 Å². The molecule has 1 rings (SSSR count). The molecule has 0 bridgehead atoms. The van der Waals surface area contributed by atoms with Crippen LogP contribution in [0.25, 0.3) is 0 Å². The second-order valence-corrected chi connectivity index (χ2v) is 3.98. The minimum Gasteiger partial charge on any atom is -0.480 e. The van der Waals surface area contributed by atoms with E-state index in [1.54, 1.807) is 0 Å². The zero-order valence-electron chi connectivity index (χ0n) is 9.36. The average molecular weight is 230 g/mol. The first-order valence-corrected chi connectivity index (χ1v) is 5.44. The molecule has 0 aliphatic heterocycles. The summed E-state index contributed by atoms with van der Waals surface area (Å²) in [6.07, 6.45) is 2.48. The van der Waals surface area contributed by atoms with E-state index in [0.29, 0.717) is 19.1 Å². The maximum Gasteiger partial charge on any atom is 0.325 e. The number of rotatable bonds is 7. The van der Waals surface area contributed by atoms with E-state index < -0.39 is 18.0 Å². The van der Waals surface area contributed by atoms with Gasteiger partial charge in [0.05, 0.1) is 6.61 Å². The van der Waals surface area contributed by atoms with Gasteiger partial charge < -0.3 is 20.5 Å². The van der Waals surface area contributed by atoms with Crippen LogP contribution < -0.4 is 10.6 Å². The Kier molecular flexibility index (Phi) is 5.04. The topological polar surface area (TPSA) is 87.7 Å². The fourth-order valence-electron chi connectivity index (χ4n) is 1.08. The smallest absolute Gasteiger partial charge is 0.325 e. The van der Waals surface area contributed by atoms with Gasteiger partial charge in [-0.3, -0.25) is 4.79 Å². The van der Waals surface area contributed by atoms with E-state index in [4.69, 9.17) is 9.84 Å². The first-order valence-electron chi connectivity index (χ1n) is 5.44. The molecule has 1 aliphatic rings. The van der Waals surface area contributed by atoms with Crippen molar-refractivity contribution in [3.05, 3.63) is 0 Å². The Labute approximate surface area is 94.3 Å². The van der Waals surface area contributed by atoms with Crippen molar-refractivity contribution in [1.29, 1.82) is 0 Å². The predicted molar refractivity (Wildman–Crippen MR) is 57.2 cm³/mol. The summed E-state index contributed by atoms with van der Waals surface area (Å²) in [7, 11) is 0. The summed E-state index contributed by atoms with van der Waals surface area (Å²) in [4.78, 5) is 21.6. The number of carbonyl (C=O) groups excluding carboxylic acids is 1. The molecule has 0 spiro atoms. The van der Waals surface area contributed by atoms with Gasteiger partial charge in [-0.05, 0) is 25.7 Å². The third-order valence-electron chi connectivity index (χ3n) is 2.30. The Balaban J connectivity index is 1.94. The monoisotopic (exact) mass is 230 g/mol. The van der Waals surface area contributed by atoms with E-state index in [-0.39, 0.29) is 0 Å². The SMILES string of the molecule is C[C@H](NC(=O)NCCOCC1CC1)C(=O)O. The van der Waals surface area contributed by atoms with Crippen molar-refractivity contribution in [2.45, 2.75) is 25.8 Å². The number of hydrogen-bond donors (Lipinski definition) is 3. The average Bonchev–Trinajstić information content (AvgIpc) is 3.00. The third-order valence-corrected chi connectivity index (χ3v) is 2.30. The number of carboxylic acid groups (broad SMARTS) is 1. The minimum absolute atomic E-state index is 0.394. The van der Waals surface area contributed by atoms with Crippen molar-refractivity contribution in [2.24, 2.45) is 5.92 Å². The highest BCUT2D eigenvalue weighted by Crippen LogP contribution is 2.28. The molecule has 1 saturated carbocycles. The lowest BCUT2D eigenvalue weighted by Crippen LogP contribution is -2.45. The molecule has 0 heterocycles. The van der Waals surface area contributed by atoms with Gasteiger partial charge in [0.2, 0.25) is 0 Å². The maximum absolute atomic E-state index is 11.1. The standard InChI is InChI=1S/C10H18N2O4/c1-7(9(13)14)12-10(15)11-4-5-16-6-8-2-3-8/h7-8H,2-6H2,1H3,(H,13,14)(H2,11,12,15)/t7-/m0/s1. The first kappa shape index (κ1) is 12.8. The molecule has 1 aliphatic carbocycles. The predicted octanol–water partition coefficient (Wildman–Crippen LogP) is 0.185. The highest BCUT2D eigenvalue weighted by atomic mass is 16.5. The molecule has 0 radical (unpaired) electrons. The molecule has 6 heteroatoms. The minimum atomic E-state index is -1.06. The molecule has 92 valence electrons. The van der Waals surface area contributed by atoms with E-state index >= 15 is 0 Å². The molecule has 0 saturated heterocycles. The summed E-state index contributed by atoms with van der Waals surface area (Å²) < 4.78 is 5.30. The van der Waals surface area contributed by atoms with Crippen LogP contribution in [-0.4, -0.2) is 42.9 Å². The molecule has 0 aromatic carbocycles. The van der Waals surface area contributed by atoms with Crippen molar-refractivity contribution >= 4 is 12.0 Å². The zero-order valence-corrected chi connectivity index (χ0v) is 9.36. The molecule has 0 aromatic rings. The summed E-state index contributed by atoms with van der Waals surface area (Å²) in [5.74, 6) is -0.346. The Bertz CT molecular complexity index is 253. The Morgan fingerprint density at radius 3 is 2.75 bits per heavy atom. The van der Waals surface area contributed by atoms with Gasteiger partial charge in [0, 0.05) is 13.2 Å². The molecule has 2 amide bonds. The van der Waals surface area contributed by atoms with Crippen molar-refractivity contribution < 1.29 is 19.4 Å². The zero-order chi connectivity index (χ0) is 12.0. The van der Waals surface area contributed by atoms with Gasteiger partial charge in [-0.25, -0.2) is 4.79 Å². The fourth-order valence-corrected chi connectivity index (χ4v) is 1.08. The molecule has 6 nitrogen and oxygen atoms in total. The van der Waals surface area contributed by atoms with Gasteiger partial charge in [-0.1, -0.05) is 0 Å². The molecule has 3 N–H and O–H groups in total. The normalized spacial score (nSPS) is 16.6. The summed E-state index contributed by atoms with van der Waals surface area (Å²) in [5, 5.41) is 13.4. The molecule has 0 unspecified atom stereocenters. The number of ether oxygens (including phenoxy) is 1. The largest absolute Gasteiger partial charge is 0.480 e. The number of carboxylic acids is 1. The van der Waals surface area contributed by atoms with Gasteiger partial charge in [0.25, 0.3) is 0 Å². The summed E-state index contributed by atoms with van der Waals surface area (Å²) in [6, 6.07) is -1.36. The summed E-state index contributed by atoms with van der Waals surface area (Å²) in [5.41, 5.74) is 0. The molecule has 0 aromatic heterocycles. The van der Waals surface area contributed by atoms with Crippen LogP contribution in [0.4, 0.5) is 4.79 Å². The molecule has 1 fully saturated rings. The van der Waals surface area contributed by atoms with E-state index in [1.807, 2.05) is 0 Å². The Morgan fingerprint density at radius 1 is 1.50 bits per heavy atom. The van der Waals surface area contributed by atoms with Crippen LogP contribution in [-0.2, 0) is 9.53 Å². The van der Waals surface area contributed by atoms with Crippen molar-refractivity contribution in [1.82, 2.24) is 10.6 Å². The number of hydrogen-bond acceptors (Lipinski definition) is 3. The summed E-state index contributed by atoms with van der Waals surface area (Å²) in [6.45, 7) is 3.02. The second kappa shape index (κ2) is 6.32. The maximum atomic E-state index is 11.1. The Morgan fingerprint density at radius 2 is 2.19 bits per heavy atom. The summed E-state index contributed by atoms with van der Waals surface area (Å²) >= 11 is 0.